The smallest absolute Gasteiger partial charge is 0.232 e. The third-order valence-electron chi connectivity index (χ3n) is 4.63. The van der Waals surface area contributed by atoms with Crippen molar-refractivity contribution in [1.82, 2.24) is 5.32 Å². The Morgan fingerprint density at radius 3 is 2.24 bits per heavy atom. The summed E-state index contributed by atoms with van der Waals surface area (Å²) >= 11 is 0. The Bertz CT molecular complexity index is 921. The highest BCUT2D eigenvalue weighted by atomic mass is 32.2. The fourth-order valence-corrected chi connectivity index (χ4v) is 4.26. The van der Waals surface area contributed by atoms with Crippen LogP contribution in [-0.4, -0.2) is 40.3 Å². The molecule has 0 spiro atoms. The number of benzene rings is 2. The number of nitrogens with one attached hydrogen (secondary N) is 1. The molecule has 158 valence electrons. The van der Waals surface area contributed by atoms with E-state index in [1.165, 1.54) is 10.6 Å². The molecule has 0 fully saturated rings. The minimum absolute atomic E-state index is 0.117. The van der Waals surface area contributed by atoms with E-state index in [-0.39, 0.29) is 18.9 Å². The fourth-order valence-electron chi connectivity index (χ4n) is 3.18. The molecule has 0 aliphatic heterocycles. The van der Waals surface area contributed by atoms with Crippen LogP contribution >= 0.6 is 0 Å². The van der Waals surface area contributed by atoms with Crippen LogP contribution in [0, 0.1) is 20.8 Å². The maximum absolute atomic E-state index is 12.3. The van der Waals surface area contributed by atoms with Gasteiger partial charge in [0.15, 0.2) is 0 Å². The number of hydrogen-bond acceptors (Lipinski definition) is 4. The van der Waals surface area contributed by atoms with E-state index in [0.29, 0.717) is 25.3 Å². The van der Waals surface area contributed by atoms with Gasteiger partial charge in [-0.2, -0.15) is 0 Å². The normalized spacial score (nSPS) is 11.2. The van der Waals surface area contributed by atoms with Crippen molar-refractivity contribution in [1.29, 1.82) is 0 Å². The number of carbonyl (C=O) groups is 1. The average molecular weight is 419 g/mol. The summed E-state index contributed by atoms with van der Waals surface area (Å²) in [6.45, 7) is 6.80. The summed E-state index contributed by atoms with van der Waals surface area (Å²) in [5, 5.41) is 2.82. The molecule has 0 atom stereocenters. The molecule has 0 radical (unpaired) electrons. The van der Waals surface area contributed by atoms with E-state index < -0.39 is 10.0 Å². The molecule has 6 nitrogen and oxygen atoms in total. The predicted octanol–water partition coefficient (Wildman–Crippen LogP) is 3.35. The maximum atomic E-state index is 12.3. The highest BCUT2D eigenvalue weighted by molar-refractivity contribution is 7.92. The molecule has 0 saturated carbocycles. The first kappa shape index (κ1) is 22.7. The van der Waals surface area contributed by atoms with Crippen molar-refractivity contribution in [3.05, 3.63) is 59.2 Å². The third-order valence-corrected chi connectivity index (χ3v) is 5.80. The van der Waals surface area contributed by atoms with Crippen molar-refractivity contribution < 1.29 is 17.9 Å². The lowest BCUT2D eigenvalue weighted by molar-refractivity contribution is -0.121. The summed E-state index contributed by atoms with van der Waals surface area (Å²) < 4.78 is 31.6. The summed E-state index contributed by atoms with van der Waals surface area (Å²) in [6.07, 6.45) is 1.88. The zero-order valence-corrected chi connectivity index (χ0v) is 18.4. The molecule has 2 rings (SSSR count). The Balaban J connectivity index is 1.82. The van der Waals surface area contributed by atoms with Gasteiger partial charge in [0, 0.05) is 13.0 Å². The summed E-state index contributed by atoms with van der Waals surface area (Å²) in [7, 11) is -3.43. The zero-order valence-electron chi connectivity index (χ0n) is 17.6. The van der Waals surface area contributed by atoms with E-state index in [9.17, 15) is 13.2 Å². The average Bonchev–Trinajstić information content (AvgIpc) is 2.64. The molecule has 29 heavy (non-hydrogen) atoms. The first-order chi connectivity index (χ1) is 13.7. The van der Waals surface area contributed by atoms with E-state index in [1.54, 1.807) is 0 Å². The lowest BCUT2D eigenvalue weighted by Gasteiger charge is -2.26. The molecular formula is C22H30N2O4S. The molecule has 0 saturated heterocycles. The van der Waals surface area contributed by atoms with Gasteiger partial charge in [0.25, 0.3) is 0 Å². The summed E-state index contributed by atoms with van der Waals surface area (Å²) in [5.74, 6) is 0.687. The van der Waals surface area contributed by atoms with Crippen LogP contribution in [0.3, 0.4) is 0 Å². The second-order valence-electron chi connectivity index (χ2n) is 7.14. The minimum atomic E-state index is -3.43. The van der Waals surface area contributed by atoms with Crippen LogP contribution in [0.4, 0.5) is 5.69 Å². The van der Waals surface area contributed by atoms with Crippen molar-refractivity contribution >= 4 is 21.6 Å². The SMILES string of the molecule is Cc1ccccc1OCCNC(=O)CCCN(c1c(C)cccc1C)S(C)(=O)=O. The van der Waals surface area contributed by atoms with Crippen LogP contribution in [0.25, 0.3) is 0 Å². The molecule has 1 N–H and O–H groups in total. The van der Waals surface area contributed by atoms with Crippen molar-refractivity contribution in [2.75, 3.05) is 30.3 Å². The Morgan fingerprint density at radius 2 is 1.62 bits per heavy atom. The van der Waals surface area contributed by atoms with Gasteiger partial charge in [-0.25, -0.2) is 8.42 Å². The third kappa shape index (κ3) is 6.78. The summed E-state index contributed by atoms with van der Waals surface area (Å²) in [5.41, 5.74) is 3.54. The first-order valence-electron chi connectivity index (χ1n) is 9.69. The lowest BCUT2D eigenvalue weighted by atomic mass is 10.1. The zero-order chi connectivity index (χ0) is 21.4. The molecule has 0 aliphatic carbocycles. The summed E-state index contributed by atoms with van der Waals surface area (Å²) in [6, 6.07) is 13.4. The van der Waals surface area contributed by atoms with Crippen LogP contribution in [0.15, 0.2) is 42.5 Å². The first-order valence-corrected chi connectivity index (χ1v) is 11.5. The van der Waals surface area contributed by atoms with Gasteiger partial charge in [0.05, 0.1) is 18.5 Å². The van der Waals surface area contributed by atoms with Gasteiger partial charge in [0.1, 0.15) is 12.4 Å². The van der Waals surface area contributed by atoms with Crippen LogP contribution in [-0.2, 0) is 14.8 Å². The van der Waals surface area contributed by atoms with Crippen LogP contribution in [0.5, 0.6) is 5.75 Å². The molecule has 2 aromatic carbocycles. The number of amides is 1. The van der Waals surface area contributed by atoms with Gasteiger partial charge in [-0.15, -0.1) is 0 Å². The largest absolute Gasteiger partial charge is 0.491 e. The standard InChI is InChI=1S/C22H30N2O4S/c1-17-9-5-6-12-20(17)28-16-14-23-21(25)13-8-15-24(29(4,26)27)22-18(2)10-7-11-19(22)3/h5-7,9-12H,8,13-16H2,1-4H3,(H,23,25). The number of carbonyl (C=O) groups excluding carboxylic acids is 1. The highest BCUT2D eigenvalue weighted by Crippen LogP contribution is 2.27. The van der Waals surface area contributed by atoms with Crippen molar-refractivity contribution in [2.45, 2.75) is 33.6 Å². The molecule has 0 aliphatic rings. The number of rotatable bonds is 10. The number of anilines is 1. The molecule has 0 aromatic heterocycles. The molecule has 0 unspecified atom stereocenters. The Labute approximate surface area is 173 Å². The molecule has 0 bridgehead atoms. The van der Waals surface area contributed by atoms with E-state index in [0.717, 1.165) is 22.4 Å². The molecule has 7 heteroatoms. The van der Waals surface area contributed by atoms with E-state index in [4.69, 9.17) is 4.74 Å². The van der Waals surface area contributed by atoms with E-state index in [1.807, 2.05) is 63.2 Å². The number of ether oxygens (including phenoxy) is 1. The van der Waals surface area contributed by atoms with Gasteiger partial charge in [-0.1, -0.05) is 36.4 Å². The van der Waals surface area contributed by atoms with Crippen LogP contribution < -0.4 is 14.4 Å². The Hall–Kier alpha value is -2.54. The molecule has 1 amide bonds. The van der Waals surface area contributed by atoms with Gasteiger partial charge in [0.2, 0.25) is 15.9 Å². The highest BCUT2D eigenvalue weighted by Gasteiger charge is 2.20. The maximum Gasteiger partial charge on any atom is 0.232 e. The minimum Gasteiger partial charge on any atom is -0.491 e. The molecule has 2 aromatic rings. The number of nitrogens with zero attached hydrogens (tertiary/aromatic N) is 1. The number of aryl methyl sites for hydroxylation is 3. The van der Waals surface area contributed by atoms with Crippen LogP contribution in [0.2, 0.25) is 0 Å². The lowest BCUT2D eigenvalue weighted by Crippen LogP contribution is -2.33. The van der Waals surface area contributed by atoms with Crippen molar-refractivity contribution in [2.24, 2.45) is 0 Å². The second kappa shape index (κ2) is 10.3. The quantitative estimate of drug-likeness (QED) is 0.601. The van der Waals surface area contributed by atoms with Crippen molar-refractivity contribution in [3.8, 4) is 5.75 Å². The summed E-state index contributed by atoms with van der Waals surface area (Å²) in [4.78, 5) is 12.1. The fraction of sp³-hybridized carbons (Fsp3) is 0.409. The van der Waals surface area contributed by atoms with Gasteiger partial charge in [-0.05, 0) is 49.9 Å². The number of para-hydroxylation sites is 2. The number of hydrogen-bond donors (Lipinski definition) is 1. The van der Waals surface area contributed by atoms with Gasteiger partial charge < -0.3 is 10.1 Å². The van der Waals surface area contributed by atoms with Crippen molar-refractivity contribution in [3.63, 3.8) is 0 Å². The number of sulfonamides is 1. The van der Waals surface area contributed by atoms with Gasteiger partial charge in [-0.3, -0.25) is 9.10 Å². The Kier molecular flexibility index (Phi) is 8.08. The van der Waals surface area contributed by atoms with E-state index in [2.05, 4.69) is 5.32 Å². The monoisotopic (exact) mass is 418 g/mol. The molecular weight excluding hydrogens is 388 g/mol. The topological polar surface area (TPSA) is 75.7 Å². The predicted molar refractivity (Wildman–Crippen MR) is 117 cm³/mol. The van der Waals surface area contributed by atoms with Crippen LogP contribution in [0.1, 0.15) is 29.5 Å². The molecule has 0 heterocycles. The Morgan fingerprint density at radius 1 is 1.00 bits per heavy atom. The second-order valence-corrected chi connectivity index (χ2v) is 9.05. The van der Waals surface area contributed by atoms with Gasteiger partial charge >= 0.3 is 0 Å². The van der Waals surface area contributed by atoms with E-state index >= 15 is 0 Å².